The number of sulfonamides is 1. The molecule has 1 aliphatic rings. The van der Waals surface area contributed by atoms with Crippen molar-refractivity contribution in [3.05, 3.63) is 101 Å². The van der Waals surface area contributed by atoms with Crippen LogP contribution in [-0.4, -0.2) is 43.8 Å². The number of hydrogen-bond acceptors (Lipinski definition) is 3. The van der Waals surface area contributed by atoms with Crippen molar-refractivity contribution >= 4 is 10.0 Å². The highest BCUT2D eigenvalue weighted by Gasteiger charge is 2.32. The van der Waals surface area contributed by atoms with Gasteiger partial charge in [-0.05, 0) is 49.6 Å². The second kappa shape index (κ2) is 8.95. The SMILES string of the molecule is Cc1ccc(S(=O)(=O)N2CCN([C@@H](c3ccccc3)c3cc(C)ccc3C)CC2)cc1. The molecule has 0 N–H and O–H groups in total. The van der Waals surface area contributed by atoms with Gasteiger partial charge in [0, 0.05) is 26.2 Å². The van der Waals surface area contributed by atoms with Gasteiger partial charge in [-0.15, -0.1) is 0 Å². The smallest absolute Gasteiger partial charge is 0.243 e. The van der Waals surface area contributed by atoms with E-state index in [0.717, 1.165) is 5.56 Å². The van der Waals surface area contributed by atoms with Crippen LogP contribution < -0.4 is 0 Å². The van der Waals surface area contributed by atoms with E-state index >= 15 is 0 Å². The molecule has 1 aliphatic heterocycles. The summed E-state index contributed by atoms with van der Waals surface area (Å²) >= 11 is 0. The van der Waals surface area contributed by atoms with Crippen LogP contribution >= 0.6 is 0 Å². The van der Waals surface area contributed by atoms with Gasteiger partial charge in [-0.25, -0.2) is 8.42 Å². The average molecular weight is 435 g/mol. The Morgan fingerprint density at radius 2 is 1.35 bits per heavy atom. The minimum atomic E-state index is -3.47. The minimum absolute atomic E-state index is 0.116. The molecular weight excluding hydrogens is 404 g/mol. The number of rotatable bonds is 5. The Hall–Kier alpha value is -2.47. The third-order valence-electron chi connectivity index (χ3n) is 6.14. The van der Waals surface area contributed by atoms with E-state index in [1.165, 1.54) is 22.3 Å². The maximum atomic E-state index is 13.1. The molecule has 3 aromatic rings. The number of benzene rings is 3. The Morgan fingerprint density at radius 3 is 2.00 bits per heavy atom. The van der Waals surface area contributed by atoms with Gasteiger partial charge in [-0.1, -0.05) is 71.8 Å². The van der Waals surface area contributed by atoms with Crippen molar-refractivity contribution in [3.63, 3.8) is 0 Å². The highest BCUT2D eigenvalue weighted by atomic mass is 32.2. The number of hydrogen-bond donors (Lipinski definition) is 0. The van der Waals surface area contributed by atoms with Crippen LogP contribution in [-0.2, 0) is 10.0 Å². The van der Waals surface area contributed by atoms with Gasteiger partial charge < -0.3 is 0 Å². The molecule has 0 aliphatic carbocycles. The fraction of sp³-hybridized carbons (Fsp3) is 0.308. The molecule has 3 aromatic carbocycles. The van der Waals surface area contributed by atoms with Crippen molar-refractivity contribution in [2.24, 2.45) is 0 Å². The van der Waals surface area contributed by atoms with E-state index in [1.807, 2.05) is 25.1 Å². The zero-order chi connectivity index (χ0) is 22.0. The van der Waals surface area contributed by atoms with Crippen molar-refractivity contribution in [2.45, 2.75) is 31.7 Å². The van der Waals surface area contributed by atoms with Crippen molar-refractivity contribution < 1.29 is 8.42 Å². The average Bonchev–Trinajstić information content (AvgIpc) is 2.78. The van der Waals surface area contributed by atoms with E-state index in [2.05, 4.69) is 61.2 Å². The third-order valence-corrected chi connectivity index (χ3v) is 8.05. The van der Waals surface area contributed by atoms with E-state index in [-0.39, 0.29) is 6.04 Å². The molecular formula is C26H30N2O2S. The lowest BCUT2D eigenvalue weighted by Crippen LogP contribution is -2.49. The van der Waals surface area contributed by atoms with Crippen molar-refractivity contribution in [1.82, 2.24) is 9.21 Å². The van der Waals surface area contributed by atoms with Crippen LogP contribution in [0.1, 0.15) is 33.9 Å². The molecule has 0 amide bonds. The summed E-state index contributed by atoms with van der Waals surface area (Å²) in [7, 11) is -3.47. The summed E-state index contributed by atoms with van der Waals surface area (Å²) in [5, 5.41) is 0. The van der Waals surface area contributed by atoms with Gasteiger partial charge in [0.25, 0.3) is 0 Å². The van der Waals surface area contributed by atoms with E-state index in [4.69, 9.17) is 0 Å². The lowest BCUT2D eigenvalue weighted by molar-refractivity contribution is 0.155. The maximum absolute atomic E-state index is 13.1. The Balaban J connectivity index is 1.60. The molecule has 0 radical (unpaired) electrons. The second-order valence-electron chi connectivity index (χ2n) is 8.43. The fourth-order valence-corrected chi connectivity index (χ4v) is 5.76. The number of piperazine rings is 1. The van der Waals surface area contributed by atoms with E-state index < -0.39 is 10.0 Å². The van der Waals surface area contributed by atoms with Crippen LogP contribution in [0.15, 0.2) is 77.7 Å². The summed E-state index contributed by atoms with van der Waals surface area (Å²) < 4.78 is 27.9. The lowest BCUT2D eigenvalue weighted by Gasteiger charge is -2.39. The summed E-state index contributed by atoms with van der Waals surface area (Å²) in [5.41, 5.74) is 6.09. The standard InChI is InChI=1S/C26H30N2O2S/c1-20-10-13-24(14-11-20)31(29,30)28-17-15-27(16-18-28)26(23-7-5-4-6-8-23)25-19-21(2)9-12-22(25)3/h4-14,19,26H,15-18H2,1-3H3/t26-/m0/s1. The normalized spacial score (nSPS) is 16.9. The summed E-state index contributed by atoms with van der Waals surface area (Å²) in [6.07, 6.45) is 0. The first-order chi connectivity index (χ1) is 14.9. The van der Waals surface area contributed by atoms with Crippen molar-refractivity contribution in [3.8, 4) is 0 Å². The molecule has 1 heterocycles. The van der Waals surface area contributed by atoms with Crippen LogP contribution in [0.4, 0.5) is 0 Å². The number of nitrogens with zero attached hydrogens (tertiary/aromatic N) is 2. The van der Waals surface area contributed by atoms with Gasteiger partial charge in [-0.3, -0.25) is 4.90 Å². The quantitative estimate of drug-likeness (QED) is 0.584. The Labute approximate surface area is 186 Å². The molecule has 0 aromatic heterocycles. The van der Waals surface area contributed by atoms with E-state index in [9.17, 15) is 8.42 Å². The zero-order valence-electron chi connectivity index (χ0n) is 18.5. The highest BCUT2D eigenvalue weighted by molar-refractivity contribution is 7.89. The predicted molar refractivity (Wildman–Crippen MR) is 126 cm³/mol. The zero-order valence-corrected chi connectivity index (χ0v) is 19.3. The molecule has 1 fully saturated rings. The molecule has 1 atom stereocenters. The summed E-state index contributed by atoms with van der Waals surface area (Å²) in [6.45, 7) is 8.61. The third kappa shape index (κ3) is 4.59. The summed E-state index contributed by atoms with van der Waals surface area (Å²) in [6, 6.07) is 24.4. The van der Waals surface area contributed by atoms with Crippen LogP contribution in [0.3, 0.4) is 0 Å². The topological polar surface area (TPSA) is 40.6 Å². The van der Waals surface area contributed by atoms with Gasteiger partial charge in [-0.2, -0.15) is 4.31 Å². The molecule has 0 bridgehead atoms. The van der Waals surface area contributed by atoms with Crippen LogP contribution in [0.2, 0.25) is 0 Å². The molecule has 0 spiro atoms. The molecule has 0 unspecified atom stereocenters. The van der Waals surface area contributed by atoms with Gasteiger partial charge in [0.15, 0.2) is 0 Å². The van der Waals surface area contributed by atoms with Gasteiger partial charge in [0.05, 0.1) is 10.9 Å². The minimum Gasteiger partial charge on any atom is -0.290 e. The van der Waals surface area contributed by atoms with E-state index in [1.54, 1.807) is 16.4 Å². The maximum Gasteiger partial charge on any atom is 0.243 e. The Kier molecular flexibility index (Phi) is 6.28. The molecule has 31 heavy (non-hydrogen) atoms. The molecule has 162 valence electrons. The second-order valence-corrected chi connectivity index (χ2v) is 10.4. The van der Waals surface area contributed by atoms with Crippen LogP contribution in [0.5, 0.6) is 0 Å². The van der Waals surface area contributed by atoms with Crippen molar-refractivity contribution in [2.75, 3.05) is 26.2 Å². The lowest BCUT2D eigenvalue weighted by atomic mass is 9.92. The van der Waals surface area contributed by atoms with Crippen LogP contribution in [0, 0.1) is 20.8 Å². The van der Waals surface area contributed by atoms with Crippen molar-refractivity contribution in [1.29, 1.82) is 0 Å². The highest BCUT2D eigenvalue weighted by Crippen LogP contribution is 2.33. The van der Waals surface area contributed by atoms with Gasteiger partial charge >= 0.3 is 0 Å². The molecule has 4 nitrogen and oxygen atoms in total. The summed E-state index contributed by atoms with van der Waals surface area (Å²) in [4.78, 5) is 2.79. The summed E-state index contributed by atoms with van der Waals surface area (Å²) in [5.74, 6) is 0. The van der Waals surface area contributed by atoms with E-state index in [0.29, 0.717) is 31.1 Å². The largest absolute Gasteiger partial charge is 0.290 e. The predicted octanol–water partition coefficient (Wildman–Crippen LogP) is 4.71. The molecule has 5 heteroatoms. The molecule has 4 rings (SSSR count). The first-order valence-electron chi connectivity index (χ1n) is 10.8. The monoisotopic (exact) mass is 434 g/mol. The molecule has 0 saturated carbocycles. The van der Waals surface area contributed by atoms with Gasteiger partial charge in [0.2, 0.25) is 10.0 Å². The first kappa shape index (κ1) is 21.8. The fourth-order valence-electron chi connectivity index (χ4n) is 4.34. The van der Waals surface area contributed by atoms with Crippen LogP contribution in [0.25, 0.3) is 0 Å². The number of aryl methyl sites for hydroxylation is 3. The van der Waals surface area contributed by atoms with Gasteiger partial charge in [0.1, 0.15) is 0 Å². The first-order valence-corrected chi connectivity index (χ1v) is 12.2. The Morgan fingerprint density at radius 1 is 0.742 bits per heavy atom. The molecule has 1 saturated heterocycles. The Bertz CT molecular complexity index is 1130.